The number of alkyl halides is 3. The minimum absolute atomic E-state index is 0.0383. The minimum atomic E-state index is -4.81. The zero-order chi connectivity index (χ0) is 15.0. The molecule has 1 unspecified atom stereocenters. The van der Waals surface area contributed by atoms with Gasteiger partial charge < -0.3 is 10.1 Å². The van der Waals surface area contributed by atoms with Gasteiger partial charge in [-0.25, -0.2) is 8.42 Å². The molecule has 1 aromatic rings. The van der Waals surface area contributed by atoms with Crippen molar-refractivity contribution in [3.8, 4) is 5.75 Å². The third-order valence-electron chi connectivity index (χ3n) is 2.76. The standard InChI is InChI=1S/C11H11BrF3NO3S/c12-7-1-2-9(10(5-7)19-11(13,14)15)16-8-3-4-20(17,18)6-8/h1-2,5,8,16H,3-4,6H2. The number of halogens is 4. The average molecular weight is 374 g/mol. The van der Waals surface area contributed by atoms with Crippen LogP contribution in [0.15, 0.2) is 22.7 Å². The highest BCUT2D eigenvalue weighted by molar-refractivity contribution is 9.10. The lowest BCUT2D eigenvalue weighted by molar-refractivity contribution is -0.274. The van der Waals surface area contributed by atoms with Gasteiger partial charge in [-0.05, 0) is 24.6 Å². The van der Waals surface area contributed by atoms with Crippen molar-refractivity contribution in [2.75, 3.05) is 16.8 Å². The lowest BCUT2D eigenvalue weighted by Crippen LogP contribution is -2.23. The molecule has 0 spiro atoms. The molecule has 4 nitrogen and oxygen atoms in total. The van der Waals surface area contributed by atoms with Crippen LogP contribution in [0.1, 0.15) is 6.42 Å². The fourth-order valence-corrected chi connectivity index (χ4v) is 3.97. The summed E-state index contributed by atoms with van der Waals surface area (Å²) in [5.74, 6) is -0.443. The zero-order valence-corrected chi connectivity index (χ0v) is 12.5. The van der Waals surface area contributed by atoms with Gasteiger partial charge in [0.05, 0.1) is 17.2 Å². The molecule has 0 radical (unpaired) electrons. The van der Waals surface area contributed by atoms with E-state index in [4.69, 9.17) is 0 Å². The molecule has 1 N–H and O–H groups in total. The Morgan fingerprint density at radius 3 is 2.60 bits per heavy atom. The van der Waals surface area contributed by atoms with Crippen LogP contribution in [-0.4, -0.2) is 32.3 Å². The van der Waals surface area contributed by atoms with Crippen LogP contribution in [0.3, 0.4) is 0 Å². The van der Waals surface area contributed by atoms with Crippen molar-refractivity contribution in [3.05, 3.63) is 22.7 Å². The second-order valence-corrected chi connectivity index (χ2v) is 7.58. The molecular formula is C11H11BrF3NO3S. The molecular weight excluding hydrogens is 363 g/mol. The number of benzene rings is 1. The van der Waals surface area contributed by atoms with E-state index in [2.05, 4.69) is 26.0 Å². The van der Waals surface area contributed by atoms with Gasteiger partial charge in [0, 0.05) is 10.5 Å². The number of sulfone groups is 1. The second kappa shape index (κ2) is 5.44. The Bertz CT molecular complexity index is 603. The maximum atomic E-state index is 12.3. The van der Waals surface area contributed by atoms with Gasteiger partial charge in [0.2, 0.25) is 0 Å². The Morgan fingerprint density at radius 2 is 2.05 bits per heavy atom. The highest BCUT2D eigenvalue weighted by atomic mass is 79.9. The molecule has 1 saturated heterocycles. The fraction of sp³-hybridized carbons (Fsp3) is 0.455. The van der Waals surface area contributed by atoms with E-state index in [0.717, 1.165) is 0 Å². The number of anilines is 1. The molecule has 9 heteroatoms. The SMILES string of the molecule is O=S1(=O)CCC(Nc2ccc(Br)cc2OC(F)(F)F)C1. The van der Waals surface area contributed by atoms with Gasteiger partial charge in [-0.15, -0.1) is 13.2 Å². The van der Waals surface area contributed by atoms with Crippen LogP contribution in [0.5, 0.6) is 5.75 Å². The van der Waals surface area contributed by atoms with Crippen molar-refractivity contribution in [1.82, 2.24) is 0 Å². The summed E-state index contributed by atoms with van der Waals surface area (Å²) < 4.78 is 64.0. The number of hydrogen-bond acceptors (Lipinski definition) is 4. The van der Waals surface area contributed by atoms with Crippen molar-refractivity contribution in [2.45, 2.75) is 18.8 Å². The first-order valence-electron chi connectivity index (χ1n) is 5.67. The molecule has 1 heterocycles. The molecule has 0 aliphatic carbocycles. The zero-order valence-electron chi connectivity index (χ0n) is 10.1. The molecule has 0 aromatic heterocycles. The van der Waals surface area contributed by atoms with Crippen LogP contribution in [0.4, 0.5) is 18.9 Å². The van der Waals surface area contributed by atoms with E-state index in [1.807, 2.05) is 0 Å². The Balaban J connectivity index is 2.19. The molecule has 20 heavy (non-hydrogen) atoms. The van der Waals surface area contributed by atoms with Gasteiger partial charge in [0.15, 0.2) is 15.6 Å². The topological polar surface area (TPSA) is 55.4 Å². The number of ether oxygens (including phenoxy) is 1. The van der Waals surface area contributed by atoms with Crippen molar-refractivity contribution in [3.63, 3.8) is 0 Å². The molecule has 2 rings (SSSR count). The first-order chi connectivity index (χ1) is 9.15. The molecule has 1 aliphatic heterocycles. The monoisotopic (exact) mass is 373 g/mol. The van der Waals surface area contributed by atoms with Crippen LogP contribution in [0, 0.1) is 0 Å². The molecule has 0 amide bonds. The van der Waals surface area contributed by atoms with E-state index in [1.165, 1.54) is 12.1 Å². The highest BCUT2D eigenvalue weighted by Crippen LogP contribution is 2.34. The summed E-state index contributed by atoms with van der Waals surface area (Å²) in [5, 5.41) is 2.79. The first kappa shape index (κ1) is 15.4. The number of nitrogens with one attached hydrogen (secondary N) is 1. The van der Waals surface area contributed by atoms with Gasteiger partial charge in [-0.2, -0.15) is 0 Å². The normalized spacial score (nSPS) is 21.7. The molecule has 0 saturated carbocycles. The van der Waals surface area contributed by atoms with Gasteiger partial charge in [-0.3, -0.25) is 0 Å². The summed E-state index contributed by atoms with van der Waals surface area (Å²) >= 11 is 3.06. The summed E-state index contributed by atoms with van der Waals surface area (Å²) in [5.41, 5.74) is 0.118. The Hall–Kier alpha value is -0.960. The minimum Gasteiger partial charge on any atom is -0.404 e. The average Bonchev–Trinajstić information content (AvgIpc) is 2.60. The molecule has 1 aliphatic rings. The Labute approximate surface area is 122 Å². The lowest BCUT2D eigenvalue weighted by Gasteiger charge is -2.18. The maximum absolute atomic E-state index is 12.3. The van der Waals surface area contributed by atoms with Crippen LogP contribution < -0.4 is 10.1 Å². The third-order valence-corrected chi connectivity index (χ3v) is 5.02. The van der Waals surface area contributed by atoms with E-state index >= 15 is 0 Å². The predicted octanol–water partition coefficient (Wildman–Crippen LogP) is 2.95. The van der Waals surface area contributed by atoms with Gasteiger partial charge >= 0.3 is 6.36 Å². The van der Waals surface area contributed by atoms with Crippen LogP contribution >= 0.6 is 15.9 Å². The van der Waals surface area contributed by atoms with Gasteiger partial charge in [0.25, 0.3) is 0 Å². The van der Waals surface area contributed by atoms with E-state index < -0.39 is 28.0 Å². The quantitative estimate of drug-likeness (QED) is 0.884. The number of hydrogen-bond donors (Lipinski definition) is 1. The van der Waals surface area contributed by atoms with Crippen LogP contribution in [0.25, 0.3) is 0 Å². The molecule has 1 atom stereocenters. The Kier molecular flexibility index (Phi) is 4.19. The largest absolute Gasteiger partial charge is 0.573 e. The lowest BCUT2D eigenvalue weighted by atomic mass is 10.2. The molecule has 112 valence electrons. The summed E-state index contributed by atoms with van der Waals surface area (Å²) in [4.78, 5) is 0. The predicted molar refractivity (Wildman–Crippen MR) is 71.5 cm³/mol. The molecule has 1 fully saturated rings. The van der Waals surface area contributed by atoms with Gasteiger partial charge in [-0.1, -0.05) is 15.9 Å². The molecule has 0 bridgehead atoms. The van der Waals surface area contributed by atoms with Crippen LogP contribution in [0.2, 0.25) is 0 Å². The van der Waals surface area contributed by atoms with Gasteiger partial charge in [0.1, 0.15) is 0 Å². The second-order valence-electron chi connectivity index (χ2n) is 4.43. The number of rotatable bonds is 3. The summed E-state index contributed by atoms with van der Waals surface area (Å²) in [6.45, 7) is 0. The van der Waals surface area contributed by atoms with Crippen LogP contribution in [-0.2, 0) is 9.84 Å². The summed E-state index contributed by atoms with van der Waals surface area (Å²) in [6.07, 6.45) is -4.44. The smallest absolute Gasteiger partial charge is 0.404 e. The fourth-order valence-electron chi connectivity index (χ4n) is 1.95. The van der Waals surface area contributed by atoms with E-state index in [-0.39, 0.29) is 17.2 Å². The van der Waals surface area contributed by atoms with Crippen molar-refractivity contribution >= 4 is 31.5 Å². The third kappa shape index (κ3) is 4.27. The van der Waals surface area contributed by atoms with E-state index in [9.17, 15) is 21.6 Å². The summed E-state index contributed by atoms with van der Waals surface area (Å²) in [6, 6.07) is 3.74. The molecule has 1 aromatic carbocycles. The van der Waals surface area contributed by atoms with E-state index in [0.29, 0.717) is 10.9 Å². The summed E-state index contributed by atoms with van der Waals surface area (Å²) in [7, 11) is -3.11. The van der Waals surface area contributed by atoms with Crippen molar-refractivity contribution < 1.29 is 26.3 Å². The van der Waals surface area contributed by atoms with E-state index in [1.54, 1.807) is 6.07 Å². The first-order valence-corrected chi connectivity index (χ1v) is 8.28. The maximum Gasteiger partial charge on any atom is 0.573 e. The highest BCUT2D eigenvalue weighted by Gasteiger charge is 2.33. The Morgan fingerprint density at radius 1 is 1.35 bits per heavy atom. The van der Waals surface area contributed by atoms with Crippen molar-refractivity contribution in [1.29, 1.82) is 0 Å². The van der Waals surface area contributed by atoms with Crippen molar-refractivity contribution in [2.24, 2.45) is 0 Å².